The molecule has 2 N–H and O–H groups in total. The summed E-state index contributed by atoms with van der Waals surface area (Å²) in [5, 5.41) is 0. The van der Waals surface area contributed by atoms with E-state index in [1.54, 1.807) is 12.3 Å². The van der Waals surface area contributed by atoms with Crippen LogP contribution < -0.4 is 10.5 Å². The lowest BCUT2D eigenvalue weighted by atomic mass is 10.3. The van der Waals surface area contributed by atoms with E-state index >= 15 is 0 Å². The molecular weight excluding hydrogens is 176 g/mol. The Bertz CT molecular complexity index is 282. The lowest BCUT2D eigenvalue weighted by Gasteiger charge is -2.09. The summed E-state index contributed by atoms with van der Waals surface area (Å²) in [7, 11) is 0. The van der Waals surface area contributed by atoms with E-state index in [9.17, 15) is 0 Å². The molecule has 0 aliphatic carbocycles. The summed E-state index contributed by atoms with van der Waals surface area (Å²) in [5.74, 6) is 0.762. The average molecular weight is 192 g/mol. The third-order valence-corrected chi connectivity index (χ3v) is 1.85. The second-order valence-electron chi connectivity index (χ2n) is 3.08. The Balaban J connectivity index is 2.59. The highest BCUT2D eigenvalue weighted by Crippen LogP contribution is 2.11. The van der Waals surface area contributed by atoms with Crippen molar-refractivity contribution >= 4 is 0 Å². The van der Waals surface area contributed by atoms with E-state index in [-0.39, 0.29) is 6.10 Å². The van der Waals surface area contributed by atoms with Crippen molar-refractivity contribution in [3.05, 3.63) is 36.7 Å². The van der Waals surface area contributed by atoms with Crippen molar-refractivity contribution < 1.29 is 4.74 Å². The first kappa shape index (κ1) is 10.7. The summed E-state index contributed by atoms with van der Waals surface area (Å²) in [6.07, 6.45) is 4.27. The third-order valence-electron chi connectivity index (χ3n) is 1.85. The first-order chi connectivity index (χ1) is 6.76. The van der Waals surface area contributed by atoms with Crippen LogP contribution in [0.1, 0.15) is 12.6 Å². The molecule has 3 nitrogen and oxygen atoms in total. The lowest BCUT2D eigenvalue weighted by molar-refractivity contribution is 0.269. The van der Waals surface area contributed by atoms with Gasteiger partial charge in [-0.3, -0.25) is 4.98 Å². The van der Waals surface area contributed by atoms with Gasteiger partial charge in [0.15, 0.2) is 0 Å². The van der Waals surface area contributed by atoms with Crippen LogP contribution in [-0.2, 0) is 6.42 Å². The summed E-state index contributed by atoms with van der Waals surface area (Å²) in [6, 6.07) is 3.83. The predicted molar refractivity (Wildman–Crippen MR) is 57.3 cm³/mol. The van der Waals surface area contributed by atoms with Gasteiger partial charge in [-0.05, 0) is 25.6 Å². The van der Waals surface area contributed by atoms with Gasteiger partial charge in [0.05, 0.1) is 6.20 Å². The Hall–Kier alpha value is -1.35. The van der Waals surface area contributed by atoms with Crippen LogP contribution in [0.2, 0.25) is 0 Å². The number of hydrogen-bond donors (Lipinski definition) is 1. The minimum absolute atomic E-state index is 0.0113. The molecule has 0 bridgehead atoms. The molecule has 1 aromatic rings. The van der Waals surface area contributed by atoms with Crippen LogP contribution >= 0.6 is 0 Å². The quantitative estimate of drug-likeness (QED) is 0.720. The number of nitrogens with zero attached hydrogens (tertiary/aromatic N) is 1. The fraction of sp³-hybridized carbons (Fsp3) is 0.364. The molecular formula is C11H16N2O. The molecule has 1 unspecified atom stereocenters. The molecule has 14 heavy (non-hydrogen) atoms. The Morgan fingerprint density at radius 3 is 2.93 bits per heavy atom. The molecule has 0 amide bonds. The molecule has 1 heterocycles. The Labute approximate surface area is 84.6 Å². The zero-order valence-corrected chi connectivity index (χ0v) is 8.44. The van der Waals surface area contributed by atoms with Gasteiger partial charge in [0.25, 0.3) is 0 Å². The van der Waals surface area contributed by atoms with Crippen molar-refractivity contribution in [3.63, 3.8) is 0 Å². The van der Waals surface area contributed by atoms with E-state index < -0.39 is 0 Å². The maximum Gasteiger partial charge on any atom is 0.138 e. The minimum atomic E-state index is 0.0113. The molecule has 3 heteroatoms. The van der Waals surface area contributed by atoms with E-state index in [2.05, 4.69) is 11.6 Å². The molecule has 0 aromatic carbocycles. The van der Waals surface area contributed by atoms with Gasteiger partial charge in [-0.25, -0.2) is 0 Å². The maximum atomic E-state index is 5.48. The number of ether oxygens (including phenoxy) is 1. The Morgan fingerprint density at radius 2 is 2.43 bits per heavy atom. The smallest absolute Gasteiger partial charge is 0.138 e. The monoisotopic (exact) mass is 192 g/mol. The molecule has 0 aliphatic heterocycles. The number of hydrogen-bond acceptors (Lipinski definition) is 3. The van der Waals surface area contributed by atoms with Crippen LogP contribution in [0.4, 0.5) is 0 Å². The van der Waals surface area contributed by atoms with Crippen LogP contribution in [0, 0.1) is 0 Å². The molecule has 1 aromatic heterocycles. The van der Waals surface area contributed by atoms with Crippen LogP contribution in [-0.4, -0.2) is 17.6 Å². The highest BCUT2D eigenvalue weighted by atomic mass is 16.5. The van der Waals surface area contributed by atoms with Gasteiger partial charge in [0.2, 0.25) is 0 Å². The van der Waals surface area contributed by atoms with Crippen molar-refractivity contribution in [1.82, 2.24) is 4.98 Å². The molecule has 0 saturated carbocycles. The van der Waals surface area contributed by atoms with Crippen molar-refractivity contribution in [2.75, 3.05) is 6.54 Å². The summed E-state index contributed by atoms with van der Waals surface area (Å²) in [4.78, 5) is 4.22. The Kier molecular flexibility index (Phi) is 4.13. The second-order valence-corrected chi connectivity index (χ2v) is 3.08. The van der Waals surface area contributed by atoms with Crippen LogP contribution in [0.15, 0.2) is 31.0 Å². The number of pyridine rings is 1. The number of nitrogens with two attached hydrogens (primary N) is 1. The van der Waals surface area contributed by atoms with Crippen molar-refractivity contribution in [2.45, 2.75) is 19.4 Å². The average Bonchev–Trinajstić information content (AvgIpc) is 2.21. The zero-order chi connectivity index (χ0) is 10.4. The van der Waals surface area contributed by atoms with Crippen LogP contribution in [0.25, 0.3) is 0 Å². The van der Waals surface area contributed by atoms with Crippen molar-refractivity contribution in [2.24, 2.45) is 5.73 Å². The number of aromatic nitrogens is 1. The van der Waals surface area contributed by atoms with Crippen molar-refractivity contribution in [1.29, 1.82) is 0 Å². The van der Waals surface area contributed by atoms with Crippen LogP contribution in [0.5, 0.6) is 5.75 Å². The van der Waals surface area contributed by atoms with Crippen molar-refractivity contribution in [3.8, 4) is 5.75 Å². The summed E-state index contributed by atoms with van der Waals surface area (Å²) >= 11 is 0. The third kappa shape index (κ3) is 3.18. The van der Waals surface area contributed by atoms with Gasteiger partial charge in [0.1, 0.15) is 11.9 Å². The summed E-state index contributed by atoms with van der Waals surface area (Å²) < 4.78 is 5.48. The van der Waals surface area contributed by atoms with Gasteiger partial charge >= 0.3 is 0 Å². The van der Waals surface area contributed by atoms with E-state index in [0.29, 0.717) is 6.54 Å². The topological polar surface area (TPSA) is 48.1 Å². The first-order valence-corrected chi connectivity index (χ1v) is 4.70. The first-order valence-electron chi connectivity index (χ1n) is 4.70. The number of rotatable bonds is 5. The predicted octanol–water partition coefficient (Wildman–Crippen LogP) is 1.54. The van der Waals surface area contributed by atoms with E-state index in [4.69, 9.17) is 10.5 Å². The highest BCUT2D eigenvalue weighted by Gasteiger charge is 1.99. The molecule has 76 valence electrons. The van der Waals surface area contributed by atoms with E-state index in [1.807, 2.05) is 19.1 Å². The van der Waals surface area contributed by atoms with Gasteiger partial charge in [-0.2, -0.15) is 0 Å². The highest BCUT2D eigenvalue weighted by molar-refractivity contribution is 5.20. The molecule has 1 rings (SSSR count). The maximum absolute atomic E-state index is 5.48. The van der Waals surface area contributed by atoms with E-state index in [1.165, 1.54) is 0 Å². The molecule has 0 spiro atoms. The fourth-order valence-corrected chi connectivity index (χ4v) is 1.04. The summed E-state index contributed by atoms with van der Waals surface area (Å²) in [5.41, 5.74) is 6.41. The normalized spacial score (nSPS) is 12.1. The SMILES string of the molecule is C=CC(C)Oc1ccc(CCN)nc1. The molecule has 0 saturated heterocycles. The zero-order valence-electron chi connectivity index (χ0n) is 8.44. The molecule has 0 aliphatic rings. The largest absolute Gasteiger partial charge is 0.485 e. The van der Waals surface area contributed by atoms with E-state index in [0.717, 1.165) is 17.9 Å². The van der Waals surface area contributed by atoms with Gasteiger partial charge < -0.3 is 10.5 Å². The summed E-state index contributed by atoms with van der Waals surface area (Å²) in [6.45, 7) is 6.19. The molecule has 1 atom stereocenters. The fourth-order valence-electron chi connectivity index (χ4n) is 1.04. The van der Waals surface area contributed by atoms with Gasteiger partial charge in [-0.1, -0.05) is 12.7 Å². The van der Waals surface area contributed by atoms with Gasteiger partial charge in [0, 0.05) is 12.1 Å². The standard InChI is InChI=1S/C11H16N2O/c1-3-9(2)14-11-5-4-10(6-7-12)13-8-11/h3-5,8-9H,1,6-7,12H2,2H3. The molecule has 0 fully saturated rings. The van der Waals surface area contributed by atoms with Gasteiger partial charge in [-0.15, -0.1) is 0 Å². The Morgan fingerprint density at radius 1 is 1.64 bits per heavy atom. The molecule has 0 radical (unpaired) electrons. The van der Waals surface area contributed by atoms with Crippen LogP contribution in [0.3, 0.4) is 0 Å². The second kappa shape index (κ2) is 5.40. The lowest BCUT2D eigenvalue weighted by Crippen LogP contribution is -2.08. The minimum Gasteiger partial charge on any atom is -0.485 e.